The van der Waals surface area contributed by atoms with Gasteiger partial charge in [0.1, 0.15) is 0 Å². The van der Waals surface area contributed by atoms with Crippen LogP contribution in [0.15, 0.2) is 36.4 Å². The van der Waals surface area contributed by atoms with Gasteiger partial charge in [-0.25, -0.2) is 4.98 Å². The molecular formula is C21H23Cl2N3OS. The van der Waals surface area contributed by atoms with Crippen molar-refractivity contribution >= 4 is 55.8 Å². The number of amides is 1. The summed E-state index contributed by atoms with van der Waals surface area (Å²) in [5.74, 6) is -0.180. The van der Waals surface area contributed by atoms with E-state index in [1.54, 1.807) is 23.1 Å². The summed E-state index contributed by atoms with van der Waals surface area (Å²) in [4.78, 5) is 21.9. The van der Waals surface area contributed by atoms with E-state index >= 15 is 0 Å². The van der Waals surface area contributed by atoms with Gasteiger partial charge < -0.3 is 4.90 Å². The molecule has 2 aromatic carbocycles. The van der Waals surface area contributed by atoms with Crippen LogP contribution >= 0.6 is 34.5 Å². The first-order valence-electron chi connectivity index (χ1n) is 9.20. The van der Waals surface area contributed by atoms with E-state index in [9.17, 15) is 4.79 Å². The molecule has 3 rings (SSSR count). The Morgan fingerprint density at radius 2 is 1.89 bits per heavy atom. The predicted octanol–water partition coefficient (Wildman–Crippen LogP) is 5.76. The molecule has 0 unspecified atom stereocenters. The number of benzene rings is 2. The number of anilines is 1. The number of fused-ring (bicyclic) bond motifs is 1. The molecule has 4 nitrogen and oxygen atoms in total. The molecule has 0 radical (unpaired) electrons. The first kappa shape index (κ1) is 21.1. The zero-order valence-electron chi connectivity index (χ0n) is 16.2. The van der Waals surface area contributed by atoms with Gasteiger partial charge in [0, 0.05) is 11.6 Å². The standard InChI is InChI=1S/C21H23Cl2N3OS/c1-4-14-6-9-18-19(12-14)28-21(24-18)26(11-5-10-25(2)3)20(27)16-13-15(22)7-8-17(16)23/h6-9,12-13H,4-5,10-11H2,1-3H3. The number of carbonyl (C=O) groups is 1. The highest BCUT2D eigenvalue weighted by molar-refractivity contribution is 7.22. The Morgan fingerprint density at radius 3 is 2.61 bits per heavy atom. The third-order valence-electron chi connectivity index (χ3n) is 4.47. The minimum Gasteiger partial charge on any atom is -0.309 e. The highest BCUT2D eigenvalue weighted by Crippen LogP contribution is 2.32. The van der Waals surface area contributed by atoms with Crippen LogP contribution in [0.5, 0.6) is 0 Å². The van der Waals surface area contributed by atoms with Crippen molar-refractivity contribution in [2.24, 2.45) is 0 Å². The van der Waals surface area contributed by atoms with E-state index in [0.717, 1.165) is 29.6 Å². The van der Waals surface area contributed by atoms with E-state index < -0.39 is 0 Å². The minimum atomic E-state index is -0.180. The highest BCUT2D eigenvalue weighted by Gasteiger charge is 2.23. The molecule has 0 fully saturated rings. The lowest BCUT2D eigenvalue weighted by Crippen LogP contribution is -2.33. The summed E-state index contributed by atoms with van der Waals surface area (Å²) < 4.78 is 1.08. The fraction of sp³-hybridized carbons (Fsp3) is 0.333. The first-order valence-corrected chi connectivity index (χ1v) is 10.8. The normalized spacial score (nSPS) is 11.4. The summed E-state index contributed by atoms with van der Waals surface area (Å²) in [6, 6.07) is 11.2. The predicted molar refractivity (Wildman–Crippen MR) is 120 cm³/mol. The molecule has 0 atom stereocenters. The van der Waals surface area contributed by atoms with Gasteiger partial charge in [0.05, 0.1) is 20.8 Å². The van der Waals surface area contributed by atoms with Crippen molar-refractivity contribution in [3.8, 4) is 0 Å². The number of nitrogens with zero attached hydrogens (tertiary/aromatic N) is 3. The summed E-state index contributed by atoms with van der Waals surface area (Å²) in [7, 11) is 4.04. The van der Waals surface area contributed by atoms with E-state index in [0.29, 0.717) is 27.3 Å². The van der Waals surface area contributed by atoms with Crippen LogP contribution in [0.2, 0.25) is 10.0 Å². The van der Waals surface area contributed by atoms with Gasteiger partial charge in [-0.1, -0.05) is 47.5 Å². The topological polar surface area (TPSA) is 36.4 Å². The minimum absolute atomic E-state index is 0.180. The molecule has 0 spiro atoms. The third-order valence-corrected chi connectivity index (χ3v) is 6.08. The van der Waals surface area contributed by atoms with Gasteiger partial charge in [-0.3, -0.25) is 9.69 Å². The van der Waals surface area contributed by atoms with Crippen LogP contribution in [0.1, 0.15) is 29.3 Å². The lowest BCUT2D eigenvalue weighted by atomic mass is 10.2. The van der Waals surface area contributed by atoms with Crippen LogP contribution < -0.4 is 4.90 Å². The summed E-state index contributed by atoms with van der Waals surface area (Å²) in [6.45, 7) is 3.56. The van der Waals surface area contributed by atoms with Gasteiger partial charge in [0.25, 0.3) is 5.91 Å². The SMILES string of the molecule is CCc1ccc2nc(N(CCCN(C)C)C(=O)c3cc(Cl)ccc3Cl)sc2c1. The van der Waals surface area contributed by atoms with Crippen molar-refractivity contribution < 1.29 is 4.79 Å². The Morgan fingerprint density at radius 1 is 1.11 bits per heavy atom. The van der Waals surface area contributed by atoms with Crippen molar-refractivity contribution in [1.29, 1.82) is 0 Å². The Bertz CT molecular complexity index is 987. The van der Waals surface area contributed by atoms with Gasteiger partial charge in [0.2, 0.25) is 0 Å². The van der Waals surface area contributed by atoms with Crippen LogP contribution in [0, 0.1) is 0 Å². The Kier molecular flexibility index (Phi) is 6.94. The molecule has 0 bridgehead atoms. The number of hydrogen-bond donors (Lipinski definition) is 0. The van der Waals surface area contributed by atoms with Crippen LogP contribution in [-0.2, 0) is 6.42 Å². The van der Waals surface area contributed by atoms with Gasteiger partial charge in [-0.2, -0.15) is 0 Å². The van der Waals surface area contributed by atoms with Crippen LogP contribution in [0.25, 0.3) is 10.2 Å². The number of carbonyl (C=O) groups excluding carboxylic acids is 1. The maximum atomic E-state index is 13.3. The fourth-order valence-electron chi connectivity index (χ4n) is 2.93. The number of rotatable bonds is 7. The second kappa shape index (κ2) is 9.23. The molecule has 0 saturated carbocycles. The number of thiazole rings is 1. The molecule has 0 aliphatic rings. The number of halogens is 2. The largest absolute Gasteiger partial charge is 0.309 e. The molecule has 0 saturated heterocycles. The van der Waals surface area contributed by atoms with E-state index in [4.69, 9.17) is 28.2 Å². The number of aryl methyl sites for hydroxylation is 1. The molecule has 1 heterocycles. The molecular weight excluding hydrogens is 413 g/mol. The van der Waals surface area contributed by atoms with Crippen molar-refractivity contribution in [2.75, 3.05) is 32.1 Å². The average molecular weight is 436 g/mol. The number of aromatic nitrogens is 1. The molecule has 0 N–H and O–H groups in total. The lowest BCUT2D eigenvalue weighted by Gasteiger charge is -2.21. The van der Waals surface area contributed by atoms with E-state index in [1.165, 1.54) is 16.9 Å². The second-order valence-electron chi connectivity index (χ2n) is 6.89. The average Bonchev–Trinajstić information content (AvgIpc) is 3.09. The Labute approximate surface area is 179 Å². The molecule has 3 aromatic rings. The van der Waals surface area contributed by atoms with Crippen LogP contribution in [0.3, 0.4) is 0 Å². The van der Waals surface area contributed by atoms with E-state index in [-0.39, 0.29) is 5.91 Å². The van der Waals surface area contributed by atoms with Gasteiger partial charge >= 0.3 is 0 Å². The fourth-order valence-corrected chi connectivity index (χ4v) is 4.35. The maximum Gasteiger partial charge on any atom is 0.261 e. The Hall–Kier alpha value is -1.66. The lowest BCUT2D eigenvalue weighted by molar-refractivity contribution is 0.0986. The van der Waals surface area contributed by atoms with Gasteiger partial charge in [0.15, 0.2) is 5.13 Å². The monoisotopic (exact) mass is 435 g/mol. The third kappa shape index (κ3) is 4.84. The van der Waals surface area contributed by atoms with Crippen molar-refractivity contribution in [1.82, 2.24) is 9.88 Å². The van der Waals surface area contributed by atoms with Crippen LogP contribution in [-0.4, -0.2) is 43.0 Å². The second-order valence-corrected chi connectivity index (χ2v) is 8.74. The molecule has 1 amide bonds. The maximum absolute atomic E-state index is 13.3. The Balaban J connectivity index is 1.98. The summed E-state index contributed by atoms with van der Waals surface area (Å²) in [5.41, 5.74) is 2.55. The molecule has 0 aliphatic heterocycles. The van der Waals surface area contributed by atoms with Crippen molar-refractivity contribution in [3.05, 3.63) is 57.6 Å². The first-order chi connectivity index (χ1) is 13.4. The molecule has 28 heavy (non-hydrogen) atoms. The van der Waals surface area contributed by atoms with Crippen molar-refractivity contribution in [3.63, 3.8) is 0 Å². The quantitative estimate of drug-likeness (QED) is 0.472. The van der Waals surface area contributed by atoms with E-state index in [2.05, 4.69) is 24.0 Å². The van der Waals surface area contributed by atoms with E-state index in [1.807, 2.05) is 20.2 Å². The van der Waals surface area contributed by atoms with Crippen molar-refractivity contribution in [2.45, 2.75) is 19.8 Å². The summed E-state index contributed by atoms with van der Waals surface area (Å²) >= 11 is 13.9. The van der Waals surface area contributed by atoms with Crippen LogP contribution in [0.4, 0.5) is 5.13 Å². The zero-order chi connectivity index (χ0) is 20.3. The van der Waals surface area contributed by atoms with Gasteiger partial charge in [-0.05, 0) is 69.4 Å². The van der Waals surface area contributed by atoms with Gasteiger partial charge in [-0.15, -0.1) is 0 Å². The highest BCUT2D eigenvalue weighted by atomic mass is 35.5. The summed E-state index contributed by atoms with van der Waals surface area (Å²) in [5, 5.41) is 1.56. The molecule has 148 valence electrons. The molecule has 0 aliphatic carbocycles. The smallest absolute Gasteiger partial charge is 0.261 e. The molecule has 1 aromatic heterocycles. The summed E-state index contributed by atoms with van der Waals surface area (Å²) in [6.07, 6.45) is 1.79. The zero-order valence-corrected chi connectivity index (χ0v) is 18.5. The molecule has 7 heteroatoms. The number of hydrogen-bond acceptors (Lipinski definition) is 4.